The van der Waals surface area contributed by atoms with Gasteiger partial charge in [-0.25, -0.2) is 0 Å². The summed E-state index contributed by atoms with van der Waals surface area (Å²) in [6, 6.07) is 10.9. The van der Waals surface area contributed by atoms with E-state index in [-0.39, 0.29) is 11.1 Å². The van der Waals surface area contributed by atoms with Crippen LogP contribution in [0.4, 0.5) is 0 Å². The standard InChI is InChI=1S/C24H22O10/c1-13(25)31-23(32-14(2)26)19-9-5-17(6-10-19)21(29)22(30)18-7-11-20(12-8-18)24(33-15(3)27)34-16(4)28/h5-12,23-24H,1-4H3. The average Bonchev–Trinajstić information content (AvgIpc) is 2.76. The molecule has 0 saturated heterocycles. The zero-order chi connectivity index (χ0) is 25.4. The Morgan fingerprint density at radius 2 is 0.706 bits per heavy atom. The summed E-state index contributed by atoms with van der Waals surface area (Å²) in [5.41, 5.74) is 0.696. The van der Waals surface area contributed by atoms with Crippen LogP contribution in [-0.4, -0.2) is 35.4 Å². The molecule has 0 aliphatic carbocycles. The number of ketones is 2. The van der Waals surface area contributed by atoms with Crippen LogP contribution in [-0.2, 0) is 38.1 Å². The summed E-state index contributed by atoms with van der Waals surface area (Å²) in [7, 11) is 0. The normalized spacial score (nSPS) is 10.4. The van der Waals surface area contributed by atoms with Gasteiger partial charge in [0.25, 0.3) is 12.6 Å². The lowest BCUT2D eigenvalue weighted by Gasteiger charge is -2.17. The van der Waals surface area contributed by atoms with E-state index in [1.807, 2.05) is 0 Å². The maximum atomic E-state index is 12.6. The van der Waals surface area contributed by atoms with Crippen LogP contribution in [0.1, 0.15) is 72.1 Å². The Kier molecular flexibility index (Phi) is 8.77. The van der Waals surface area contributed by atoms with E-state index >= 15 is 0 Å². The van der Waals surface area contributed by atoms with Crippen LogP contribution < -0.4 is 0 Å². The van der Waals surface area contributed by atoms with Crippen LogP contribution in [0.3, 0.4) is 0 Å². The van der Waals surface area contributed by atoms with Crippen molar-refractivity contribution in [1.29, 1.82) is 0 Å². The summed E-state index contributed by atoms with van der Waals surface area (Å²) in [6.07, 6.45) is -2.57. The van der Waals surface area contributed by atoms with E-state index in [4.69, 9.17) is 18.9 Å². The van der Waals surface area contributed by atoms with E-state index in [0.29, 0.717) is 11.1 Å². The maximum Gasteiger partial charge on any atom is 0.305 e. The predicted molar refractivity (Wildman–Crippen MR) is 114 cm³/mol. The molecule has 0 amide bonds. The summed E-state index contributed by atoms with van der Waals surface area (Å²) in [5.74, 6) is -4.31. The zero-order valence-electron chi connectivity index (χ0n) is 18.9. The minimum atomic E-state index is -1.29. The van der Waals surface area contributed by atoms with Gasteiger partial charge in [-0.15, -0.1) is 0 Å². The molecule has 0 spiro atoms. The van der Waals surface area contributed by atoms with E-state index in [9.17, 15) is 28.8 Å². The first-order chi connectivity index (χ1) is 16.0. The number of Topliss-reactive ketones (excluding diaryl/α,β-unsaturated/α-hetero) is 2. The largest absolute Gasteiger partial charge is 0.421 e. The van der Waals surface area contributed by atoms with Crippen molar-refractivity contribution in [3.8, 4) is 0 Å². The van der Waals surface area contributed by atoms with Crippen molar-refractivity contribution >= 4 is 35.4 Å². The zero-order valence-corrected chi connectivity index (χ0v) is 18.9. The Balaban J connectivity index is 2.18. The van der Waals surface area contributed by atoms with Crippen LogP contribution in [0.15, 0.2) is 48.5 Å². The number of hydrogen-bond donors (Lipinski definition) is 0. The number of hydrogen-bond acceptors (Lipinski definition) is 10. The fraction of sp³-hybridized carbons (Fsp3) is 0.250. The summed E-state index contributed by atoms with van der Waals surface area (Å²) in [6.45, 7) is 4.61. The van der Waals surface area contributed by atoms with Crippen molar-refractivity contribution in [1.82, 2.24) is 0 Å². The first-order valence-corrected chi connectivity index (χ1v) is 9.95. The Labute approximate surface area is 194 Å². The minimum Gasteiger partial charge on any atom is -0.421 e. The Hall–Kier alpha value is -4.34. The highest BCUT2D eigenvalue weighted by Gasteiger charge is 2.23. The third-order valence-electron chi connectivity index (χ3n) is 4.19. The Morgan fingerprint density at radius 1 is 0.471 bits per heavy atom. The van der Waals surface area contributed by atoms with E-state index in [1.165, 1.54) is 48.5 Å². The number of benzene rings is 2. The number of carbonyl (C=O) groups is 6. The number of rotatable bonds is 9. The molecule has 0 unspecified atom stereocenters. The van der Waals surface area contributed by atoms with Crippen LogP contribution in [0.25, 0.3) is 0 Å². The predicted octanol–water partition coefficient (Wildman–Crippen LogP) is 3.00. The van der Waals surface area contributed by atoms with Crippen LogP contribution in [0.2, 0.25) is 0 Å². The van der Waals surface area contributed by atoms with Gasteiger partial charge in [0, 0.05) is 49.9 Å². The van der Waals surface area contributed by atoms with Crippen molar-refractivity contribution in [3.05, 3.63) is 70.8 Å². The monoisotopic (exact) mass is 470 g/mol. The summed E-state index contributed by atoms with van der Waals surface area (Å²) in [5, 5.41) is 0. The van der Waals surface area contributed by atoms with Gasteiger partial charge < -0.3 is 18.9 Å². The number of esters is 4. The molecule has 34 heavy (non-hydrogen) atoms. The molecular weight excluding hydrogens is 448 g/mol. The van der Waals surface area contributed by atoms with Crippen molar-refractivity contribution < 1.29 is 47.7 Å². The van der Waals surface area contributed by atoms with Crippen LogP contribution in [0, 0.1) is 0 Å². The van der Waals surface area contributed by atoms with Crippen molar-refractivity contribution in [2.75, 3.05) is 0 Å². The third-order valence-corrected chi connectivity index (χ3v) is 4.19. The molecule has 2 aromatic carbocycles. The Morgan fingerprint density at radius 3 is 0.912 bits per heavy atom. The van der Waals surface area contributed by atoms with Gasteiger partial charge in [0.2, 0.25) is 11.6 Å². The second kappa shape index (κ2) is 11.5. The summed E-state index contributed by atoms with van der Waals surface area (Å²) < 4.78 is 19.8. The summed E-state index contributed by atoms with van der Waals surface area (Å²) in [4.78, 5) is 70.2. The Bertz CT molecular complexity index is 978. The highest BCUT2D eigenvalue weighted by Crippen LogP contribution is 2.23. The quantitative estimate of drug-likeness (QED) is 0.232. The van der Waals surface area contributed by atoms with Crippen molar-refractivity contribution in [3.63, 3.8) is 0 Å². The molecule has 0 bridgehead atoms. The molecular formula is C24H22O10. The number of ether oxygens (including phenoxy) is 4. The van der Waals surface area contributed by atoms with Crippen molar-refractivity contribution in [2.45, 2.75) is 40.3 Å². The molecule has 0 aromatic heterocycles. The molecule has 0 aliphatic rings. The van der Waals surface area contributed by atoms with Crippen LogP contribution in [0.5, 0.6) is 0 Å². The van der Waals surface area contributed by atoms with E-state index in [1.54, 1.807) is 0 Å². The minimum absolute atomic E-state index is 0.0555. The molecule has 10 heteroatoms. The van der Waals surface area contributed by atoms with E-state index < -0.39 is 48.0 Å². The molecule has 0 fully saturated rings. The molecule has 2 aromatic rings. The average molecular weight is 470 g/mol. The highest BCUT2D eigenvalue weighted by atomic mass is 16.7. The highest BCUT2D eigenvalue weighted by molar-refractivity contribution is 6.49. The first-order valence-electron chi connectivity index (χ1n) is 9.95. The summed E-state index contributed by atoms with van der Waals surface area (Å²) >= 11 is 0. The van der Waals surface area contributed by atoms with Gasteiger partial charge in [-0.2, -0.15) is 0 Å². The van der Waals surface area contributed by atoms with Gasteiger partial charge in [0.15, 0.2) is 0 Å². The molecule has 0 N–H and O–H groups in total. The molecule has 0 radical (unpaired) electrons. The number of carbonyl (C=O) groups excluding carboxylic acids is 6. The lowest BCUT2D eigenvalue weighted by molar-refractivity contribution is -0.188. The first kappa shape index (κ1) is 25.9. The topological polar surface area (TPSA) is 139 Å². The maximum absolute atomic E-state index is 12.6. The second-order valence-corrected chi connectivity index (χ2v) is 7.00. The van der Waals surface area contributed by atoms with Gasteiger partial charge in [0.1, 0.15) is 0 Å². The molecule has 0 heterocycles. The molecule has 0 aliphatic heterocycles. The molecule has 0 atom stereocenters. The van der Waals surface area contributed by atoms with Gasteiger partial charge in [-0.1, -0.05) is 48.5 Å². The molecule has 178 valence electrons. The fourth-order valence-electron chi connectivity index (χ4n) is 2.77. The van der Waals surface area contributed by atoms with Gasteiger partial charge in [-0.3, -0.25) is 28.8 Å². The third kappa shape index (κ3) is 7.37. The van der Waals surface area contributed by atoms with Crippen LogP contribution >= 0.6 is 0 Å². The molecule has 10 nitrogen and oxygen atoms in total. The lowest BCUT2D eigenvalue weighted by atomic mass is 9.99. The van der Waals surface area contributed by atoms with Gasteiger partial charge in [0.05, 0.1) is 0 Å². The van der Waals surface area contributed by atoms with E-state index in [0.717, 1.165) is 27.7 Å². The molecule has 2 rings (SSSR count). The van der Waals surface area contributed by atoms with Gasteiger partial charge >= 0.3 is 23.9 Å². The SMILES string of the molecule is CC(=O)OC(OC(C)=O)c1ccc(C(=O)C(=O)c2ccc(C(OC(C)=O)OC(C)=O)cc2)cc1. The fourth-order valence-corrected chi connectivity index (χ4v) is 2.77. The van der Waals surface area contributed by atoms with Gasteiger partial charge in [-0.05, 0) is 0 Å². The lowest BCUT2D eigenvalue weighted by Crippen LogP contribution is -2.17. The smallest absolute Gasteiger partial charge is 0.305 e. The van der Waals surface area contributed by atoms with E-state index in [2.05, 4.69) is 0 Å². The molecule has 0 saturated carbocycles. The van der Waals surface area contributed by atoms with Crippen molar-refractivity contribution in [2.24, 2.45) is 0 Å². The second-order valence-electron chi connectivity index (χ2n) is 7.00.